The average Bonchev–Trinajstić information content (AvgIpc) is 3.05. The van der Waals surface area contributed by atoms with Crippen LogP contribution in [0.5, 0.6) is 0 Å². The predicted octanol–water partition coefficient (Wildman–Crippen LogP) is 1.52. The van der Waals surface area contributed by atoms with Crippen LogP contribution in [0.1, 0.15) is 5.56 Å². The van der Waals surface area contributed by atoms with Gasteiger partial charge in [0.1, 0.15) is 4.90 Å². The molecule has 3 rings (SSSR count). The molecule has 0 saturated carbocycles. The van der Waals surface area contributed by atoms with E-state index in [1.165, 1.54) is 28.3 Å². The molecular weight excluding hydrogens is 368 g/mol. The summed E-state index contributed by atoms with van der Waals surface area (Å²) in [7, 11) is -1.79. The fourth-order valence-corrected chi connectivity index (χ4v) is 4.02. The van der Waals surface area contributed by atoms with Crippen LogP contribution in [0, 0.1) is 0 Å². The summed E-state index contributed by atoms with van der Waals surface area (Å²) in [6.45, 7) is 1.93. The van der Waals surface area contributed by atoms with Gasteiger partial charge in [0.05, 0.1) is 6.20 Å². The minimum absolute atomic E-state index is 0.195. The second-order valence-corrected chi connectivity index (χ2v) is 7.94. The van der Waals surface area contributed by atoms with Crippen molar-refractivity contribution in [3.63, 3.8) is 0 Å². The zero-order valence-electron chi connectivity index (χ0n) is 12.2. The van der Waals surface area contributed by atoms with E-state index in [0.717, 1.165) is 17.4 Å². The molecule has 0 bridgehead atoms. The molecule has 0 fully saturated rings. The molecule has 0 unspecified atom stereocenters. The van der Waals surface area contributed by atoms with E-state index < -0.39 is 10.0 Å². The minimum atomic E-state index is -3.48. The highest BCUT2D eigenvalue weighted by atomic mass is 79.9. The molecule has 0 amide bonds. The Morgan fingerprint density at radius 1 is 1.41 bits per heavy atom. The van der Waals surface area contributed by atoms with E-state index in [-0.39, 0.29) is 4.90 Å². The lowest BCUT2D eigenvalue weighted by Crippen LogP contribution is -2.34. The Balaban J connectivity index is 1.61. The lowest BCUT2D eigenvalue weighted by Gasteiger charge is -2.19. The number of sulfonamides is 1. The second-order valence-electron chi connectivity index (χ2n) is 5.26. The number of rotatable bonds is 5. The number of nitrogens with one attached hydrogen (secondary N) is 1. The molecule has 0 saturated heterocycles. The number of nitrogens with zero attached hydrogens (tertiary/aromatic N) is 3. The number of aryl methyl sites for hydroxylation is 1. The van der Waals surface area contributed by atoms with Crippen LogP contribution in [0.15, 0.2) is 40.0 Å². The van der Waals surface area contributed by atoms with Crippen molar-refractivity contribution in [1.82, 2.24) is 14.5 Å². The number of aromatic nitrogens is 2. The molecule has 0 radical (unpaired) electrons. The molecule has 118 valence electrons. The van der Waals surface area contributed by atoms with Gasteiger partial charge in [0.15, 0.2) is 0 Å². The Morgan fingerprint density at radius 2 is 2.23 bits per heavy atom. The van der Waals surface area contributed by atoms with Gasteiger partial charge in [-0.15, -0.1) is 0 Å². The van der Waals surface area contributed by atoms with Gasteiger partial charge < -0.3 is 4.90 Å². The number of fused-ring (bicyclic) bond motifs is 1. The van der Waals surface area contributed by atoms with Crippen LogP contribution in [0.4, 0.5) is 5.69 Å². The van der Waals surface area contributed by atoms with Crippen LogP contribution < -0.4 is 9.62 Å². The SMILES string of the molecule is Cn1cc(S(=O)(=O)NCCN2CCc3cc(Br)ccc32)cn1. The Hall–Kier alpha value is -1.38. The standard InChI is InChI=1S/C14H17BrN4O2S/c1-18-10-13(9-16-18)22(20,21)17-5-7-19-6-4-11-8-12(15)2-3-14(11)19/h2-3,8-10,17H,4-7H2,1H3. The smallest absolute Gasteiger partial charge is 0.243 e. The maximum Gasteiger partial charge on any atom is 0.243 e. The number of hydrogen-bond acceptors (Lipinski definition) is 4. The van der Waals surface area contributed by atoms with Crippen molar-refractivity contribution in [3.8, 4) is 0 Å². The van der Waals surface area contributed by atoms with Crippen LogP contribution >= 0.6 is 15.9 Å². The monoisotopic (exact) mass is 384 g/mol. The van der Waals surface area contributed by atoms with E-state index in [1.807, 2.05) is 6.07 Å². The van der Waals surface area contributed by atoms with Crippen LogP contribution in [0.3, 0.4) is 0 Å². The summed E-state index contributed by atoms with van der Waals surface area (Å²) in [5, 5.41) is 3.89. The van der Waals surface area contributed by atoms with Crippen molar-refractivity contribution in [2.45, 2.75) is 11.3 Å². The van der Waals surface area contributed by atoms with Gasteiger partial charge in [0.25, 0.3) is 0 Å². The highest BCUT2D eigenvalue weighted by Crippen LogP contribution is 2.30. The van der Waals surface area contributed by atoms with Gasteiger partial charge in [0.2, 0.25) is 10.0 Å². The number of benzene rings is 1. The van der Waals surface area contributed by atoms with Crippen molar-refractivity contribution >= 4 is 31.6 Å². The largest absolute Gasteiger partial charge is 0.370 e. The topological polar surface area (TPSA) is 67.2 Å². The number of anilines is 1. The molecule has 8 heteroatoms. The fourth-order valence-electron chi connectivity index (χ4n) is 2.61. The molecule has 0 aliphatic carbocycles. The van der Waals surface area contributed by atoms with Crippen molar-refractivity contribution < 1.29 is 8.42 Å². The molecule has 0 atom stereocenters. The van der Waals surface area contributed by atoms with Crippen LogP contribution in [-0.2, 0) is 23.5 Å². The first kappa shape index (κ1) is 15.5. The van der Waals surface area contributed by atoms with E-state index in [9.17, 15) is 8.42 Å². The molecule has 2 heterocycles. The zero-order chi connectivity index (χ0) is 15.7. The first-order valence-corrected chi connectivity index (χ1v) is 9.25. The van der Waals surface area contributed by atoms with E-state index in [2.05, 4.69) is 42.8 Å². The molecule has 2 aromatic rings. The van der Waals surface area contributed by atoms with E-state index >= 15 is 0 Å². The van der Waals surface area contributed by atoms with Crippen molar-refractivity contribution in [2.75, 3.05) is 24.5 Å². The van der Waals surface area contributed by atoms with Gasteiger partial charge >= 0.3 is 0 Å². The Morgan fingerprint density at radius 3 is 2.95 bits per heavy atom. The van der Waals surface area contributed by atoms with Gasteiger partial charge in [0, 0.05) is 43.0 Å². The van der Waals surface area contributed by atoms with E-state index in [1.54, 1.807) is 7.05 Å². The van der Waals surface area contributed by atoms with Crippen LogP contribution in [0.2, 0.25) is 0 Å². The Kier molecular flexibility index (Phi) is 4.24. The molecule has 1 aliphatic heterocycles. The molecule has 1 aromatic carbocycles. The lowest BCUT2D eigenvalue weighted by molar-refractivity contribution is 0.581. The summed E-state index contributed by atoms with van der Waals surface area (Å²) in [4.78, 5) is 2.40. The van der Waals surface area contributed by atoms with Gasteiger partial charge in [-0.05, 0) is 30.2 Å². The van der Waals surface area contributed by atoms with Gasteiger partial charge in [-0.3, -0.25) is 4.68 Å². The molecule has 1 aromatic heterocycles. The zero-order valence-corrected chi connectivity index (χ0v) is 14.6. The number of halogens is 1. The van der Waals surface area contributed by atoms with E-state index in [4.69, 9.17) is 0 Å². The highest BCUT2D eigenvalue weighted by Gasteiger charge is 2.20. The van der Waals surface area contributed by atoms with Crippen molar-refractivity contribution in [1.29, 1.82) is 0 Å². The Labute approximate surface area is 138 Å². The quantitative estimate of drug-likeness (QED) is 0.848. The summed E-state index contributed by atoms with van der Waals surface area (Å²) in [5.41, 5.74) is 2.48. The molecule has 22 heavy (non-hydrogen) atoms. The van der Waals surface area contributed by atoms with Crippen molar-refractivity contribution in [3.05, 3.63) is 40.6 Å². The van der Waals surface area contributed by atoms with Gasteiger partial charge in [-0.1, -0.05) is 15.9 Å². The van der Waals surface area contributed by atoms with Crippen molar-refractivity contribution in [2.24, 2.45) is 7.05 Å². The maximum atomic E-state index is 12.1. The highest BCUT2D eigenvalue weighted by molar-refractivity contribution is 9.10. The molecular formula is C14H17BrN4O2S. The average molecular weight is 385 g/mol. The summed E-state index contributed by atoms with van der Waals surface area (Å²) in [6, 6.07) is 6.20. The van der Waals surface area contributed by atoms with Gasteiger partial charge in [-0.2, -0.15) is 5.10 Å². The molecule has 0 spiro atoms. The third kappa shape index (κ3) is 3.18. The molecule has 1 aliphatic rings. The minimum Gasteiger partial charge on any atom is -0.370 e. The normalized spacial score (nSPS) is 14.4. The predicted molar refractivity (Wildman–Crippen MR) is 88.5 cm³/mol. The number of hydrogen-bond donors (Lipinski definition) is 1. The summed E-state index contributed by atoms with van der Waals surface area (Å²) in [5.74, 6) is 0. The third-order valence-corrected chi connectivity index (χ3v) is 5.61. The third-order valence-electron chi connectivity index (χ3n) is 3.70. The first-order valence-electron chi connectivity index (χ1n) is 6.97. The van der Waals surface area contributed by atoms with Crippen LogP contribution in [-0.4, -0.2) is 37.8 Å². The van der Waals surface area contributed by atoms with Gasteiger partial charge in [-0.25, -0.2) is 13.1 Å². The fraction of sp³-hybridized carbons (Fsp3) is 0.357. The summed E-state index contributed by atoms with van der Waals surface area (Å²) < 4.78 is 29.4. The Bertz CT molecular complexity index is 788. The second kappa shape index (κ2) is 6.02. The first-order chi connectivity index (χ1) is 10.5. The summed E-state index contributed by atoms with van der Waals surface area (Å²) >= 11 is 3.47. The molecule has 1 N–H and O–H groups in total. The summed E-state index contributed by atoms with van der Waals surface area (Å²) in [6.07, 6.45) is 3.83. The van der Waals surface area contributed by atoms with Crippen LogP contribution in [0.25, 0.3) is 0 Å². The molecule has 6 nitrogen and oxygen atoms in total. The lowest BCUT2D eigenvalue weighted by atomic mass is 10.2. The maximum absolute atomic E-state index is 12.1. The van der Waals surface area contributed by atoms with E-state index in [0.29, 0.717) is 13.1 Å².